The molecule has 0 heterocycles. The summed E-state index contributed by atoms with van der Waals surface area (Å²) in [7, 11) is 0. The predicted molar refractivity (Wildman–Crippen MR) is 236 cm³/mol. The molecule has 3 atom stereocenters. The molecule has 0 rings (SSSR count). The first-order chi connectivity index (χ1) is 26.5. The number of carbonyl (C=O) groups excluding carboxylic acids is 1. The summed E-state index contributed by atoms with van der Waals surface area (Å²) >= 11 is 0. The first kappa shape index (κ1) is 52.3. The van der Waals surface area contributed by atoms with Crippen LogP contribution in [0.3, 0.4) is 0 Å². The summed E-state index contributed by atoms with van der Waals surface area (Å²) in [6.07, 6.45) is 57.4. The molecule has 0 saturated carbocycles. The van der Waals surface area contributed by atoms with Crippen molar-refractivity contribution in [1.29, 1.82) is 0 Å². The Kier molecular flexibility index (Phi) is 42.7. The van der Waals surface area contributed by atoms with E-state index in [0.29, 0.717) is 6.42 Å². The molecule has 316 valence electrons. The number of aliphatic hydroxyl groups is 3. The molecule has 0 saturated heterocycles. The standard InChI is InChI=1S/C49H91NO4/c1-3-5-7-9-11-13-14-15-16-17-18-19-20-21-22-23-24-25-26-27-28-29-30-31-32-33-35-36-38-40-42-46(52)44-49(54)50-47(45-51)48(53)43-41-39-37-34-12-10-8-6-4-2/h4,6,12,21-22,34,41,43,46-48,51-53H,3,5,7-11,13-20,23-33,35-40,42,44-45H2,1-2H3,(H,50,54)/b6-4+,22-21-,34-12+,43-41+. The van der Waals surface area contributed by atoms with Crippen molar-refractivity contribution in [3.8, 4) is 0 Å². The number of nitrogens with one attached hydrogen (secondary N) is 1. The molecule has 54 heavy (non-hydrogen) atoms. The van der Waals surface area contributed by atoms with Gasteiger partial charge in [0, 0.05) is 0 Å². The highest BCUT2D eigenvalue weighted by molar-refractivity contribution is 5.76. The Labute approximate surface area is 336 Å². The number of hydrogen-bond donors (Lipinski definition) is 4. The summed E-state index contributed by atoms with van der Waals surface area (Å²) in [5.41, 5.74) is 0. The first-order valence-electron chi connectivity index (χ1n) is 23.4. The van der Waals surface area contributed by atoms with Gasteiger partial charge in [0.2, 0.25) is 5.91 Å². The Balaban J connectivity index is 3.51. The van der Waals surface area contributed by atoms with Crippen LogP contribution in [0.4, 0.5) is 0 Å². The molecule has 0 aliphatic heterocycles. The van der Waals surface area contributed by atoms with Gasteiger partial charge >= 0.3 is 0 Å². The normalized spacial score (nSPS) is 13.9. The monoisotopic (exact) mass is 758 g/mol. The third kappa shape index (κ3) is 40.0. The van der Waals surface area contributed by atoms with Gasteiger partial charge in [-0.3, -0.25) is 4.79 Å². The highest BCUT2D eigenvalue weighted by Gasteiger charge is 2.20. The summed E-state index contributed by atoms with van der Waals surface area (Å²) in [5, 5.41) is 33.0. The molecule has 5 heteroatoms. The van der Waals surface area contributed by atoms with Crippen LogP contribution >= 0.6 is 0 Å². The molecule has 0 fully saturated rings. The van der Waals surface area contributed by atoms with E-state index in [1.165, 1.54) is 167 Å². The fraction of sp³-hybridized carbons (Fsp3) is 0.816. The van der Waals surface area contributed by atoms with Gasteiger partial charge in [-0.05, 0) is 64.7 Å². The lowest BCUT2D eigenvalue weighted by molar-refractivity contribution is -0.124. The summed E-state index contributed by atoms with van der Waals surface area (Å²) < 4.78 is 0. The second-order valence-corrected chi connectivity index (χ2v) is 16.0. The average molecular weight is 758 g/mol. The van der Waals surface area contributed by atoms with Gasteiger partial charge in [-0.1, -0.05) is 210 Å². The lowest BCUT2D eigenvalue weighted by atomic mass is 10.0. The number of hydrogen-bond acceptors (Lipinski definition) is 4. The van der Waals surface area contributed by atoms with E-state index in [-0.39, 0.29) is 18.9 Å². The van der Waals surface area contributed by atoms with Gasteiger partial charge in [0.1, 0.15) is 0 Å². The third-order valence-corrected chi connectivity index (χ3v) is 10.7. The molecule has 0 spiro atoms. The number of aliphatic hydroxyl groups excluding tert-OH is 3. The largest absolute Gasteiger partial charge is 0.394 e. The highest BCUT2D eigenvalue weighted by atomic mass is 16.3. The highest BCUT2D eigenvalue weighted by Crippen LogP contribution is 2.16. The number of carbonyl (C=O) groups is 1. The maximum absolute atomic E-state index is 12.4. The van der Waals surface area contributed by atoms with Gasteiger partial charge in [-0.15, -0.1) is 0 Å². The molecule has 5 nitrogen and oxygen atoms in total. The van der Waals surface area contributed by atoms with Crippen LogP contribution in [0.1, 0.15) is 232 Å². The van der Waals surface area contributed by atoms with Crippen molar-refractivity contribution >= 4 is 5.91 Å². The van der Waals surface area contributed by atoms with Crippen LogP contribution < -0.4 is 5.32 Å². The third-order valence-electron chi connectivity index (χ3n) is 10.7. The van der Waals surface area contributed by atoms with Gasteiger partial charge in [0.25, 0.3) is 0 Å². The molecule has 0 aromatic carbocycles. The zero-order valence-corrected chi connectivity index (χ0v) is 35.8. The van der Waals surface area contributed by atoms with E-state index >= 15 is 0 Å². The number of rotatable bonds is 42. The topological polar surface area (TPSA) is 89.8 Å². The van der Waals surface area contributed by atoms with Crippen molar-refractivity contribution in [2.45, 2.75) is 250 Å². The Hall–Kier alpha value is -1.69. The van der Waals surface area contributed by atoms with E-state index in [0.717, 1.165) is 38.5 Å². The van der Waals surface area contributed by atoms with Crippen molar-refractivity contribution in [3.63, 3.8) is 0 Å². The van der Waals surface area contributed by atoms with Crippen molar-refractivity contribution in [2.75, 3.05) is 6.61 Å². The molecular weight excluding hydrogens is 667 g/mol. The summed E-state index contributed by atoms with van der Waals surface area (Å²) in [5.74, 6) is -0.332. The fourth-order valence-corrected chi connectivity index (χ4v) is 7.08. The van der Waals surface area contributed by atoms with Crippen LogP contribution in [0.2, 0.25) is 0 Å². The quantitative estimate of drug-likeness (QED) is 0.0369. The maximum atomic E-state index is 12.4. The molecule has 0 aliphatic rings. The Morgan fingerprint density at radius 3 is 1.30 bits per heavy atom. The maximum Gasteiger partial charge on any atom is 0.222 e. The van der Waals surface area contributed by atoms with Crippen molar-refractivity contribution < 1.29 is 20.1 Å². The van der Waals surface area contributed by atoms with Crippen LogP contribution in [0.5, 0.6) is 0 Å². The second kappa shape index (κ2) is 44.0. The molecule has 0 radical (unpaired) electrons. The number of amides is 1. The number of allylic oxidation sites excluding steroid dienone is 7. The molecule has 1 amide bonds. The van der Waals surface area contributed by atoms with Gasteiger partial charge in [0.05, 0.1) is 31.3 Å². The van der Waals surface area contributed by atoms with Crippen LogP contribution in [-0.4, -0.2) is 46.1 Å². The van der Waals surface area contributed by atoms with Crippen molar-refractivity contribution in [1.82, 2.24) is 5.32 Å². The van der Waals surface area contributed by atoms with Crippen LogP contribution in [0, 0.1) is 0 Å². The van der Waals surface area contributed by atoms with Gasteiger partial charge in [-0.25, -0.2) is 0 Å². The molecule has 0 bridgehead atoms. The van der Waals surface area contributed by atoms with E-state index in [9.17, 15) is 20.1 Å². The minimum absolute atomic E-state index is 0.00184. The van der Waals surface area contributed by atoms with Crippen LogP contribution in [0.15, 0.2) is 48.6 Å². The lowest BCUT2D eigenvalue weighted by Gasteiger charge is -2.21. The van der Waals surface area contributed by atoms with E-state index in [4.69, 9.17) is 0 Å². The summed E-state index contributed by atoms with van der Waals surface area (Å²) in [4.78, 5) is 12.4. The number of unbranched alkanes of at least 4 members (excludes halogenated alkanes) is 28. The predicted octanol–water partition coefficient (Wildman–Crippen LogP) is 13.7. The SMILES string of the molecule is C/C=C/CC/C=C/CC/C=C/C(O)C(CO)NC(=O)CC(O)CCCCCCCCCCCCCCCC/C=C\CCCCCCCCCCCCCC. The Morgan fingerprint density at radius 2 is 0.870 bits per heavy atom. The van der Waals surface area contributed by atoms with Crippen LogP contribution in [0.25, 0.3) is 0 Å². The molecule has 0 aromatic rings. The van der Waals surface area contributed by atoms with Crippen molar-refractivity contribution in [3.05, 3.63) is 48.6 Å². The minimum atomic E-state index is -0.957. The first-order valence-corrected chi connectivity index (χ1v) is 23.4. The fourth-order valence-electron chi connectivity index (χ4n) is 7.08. The molecule has 0 aromatic heterocycles. The van der Waals surface area contributed by atoms with Crippen molar-refractivity contribution in [2.24, 2.45) is 0 Å². The molecule has 3 unspecified atom stereocenters. The summed E-state index contributed by atoms with van der Waals surface area (Å²) in [6.45, 7) is 3.97. The van der Waals surface area contributed by atoms with Gasteiger partial charge in [-0.2, -0.15) is 0 Å². The smallest absolute Gasteiger partial charge is 0.222 e. The van der Waals surface area contributed by atoms with E-state index in [2.05, 4.69) is 48.7 Å². The second-order valence-electron chi connectivity index (χ2n) is 16.0. The van der Waals surface area contributed by atoms with Gasteiger partial charge < -0.3 is 20.6 Å². The van der Waals surface area contributed by atoms with Crippen LogP contribution in [-0.2, 0) is 4.79 Å². The molecule has 0 aliphatic carbocycles. The zero-order valence-electron chi connectivity index (χ0n) is 35.8. The minimum Gasteiger partial charge on any atom is -0.394 e. The summed E-state index contributed by atoms with van der Waals surface area (Å²) in [6, 6.07) is -0.765. The lowest BCUT2D eigenvalue weighted by Crippen LogP contribution is -2.45. The molecule has 4 N–H and O–H groups in total. The van der Waals surface area contributed by atoms with E-state index in [1.807, 2.05) is 13.0 Å². The average Bonchev–Trinajstić information content (AvgIpc) is 3.16. The Bertz CT molecular complexity index is 881. The Morgan fingerprint density at radius 1 is 0.500 bits per heavy atom. The van der Waals surface area contributed by atoms with E-state index in [1.54, 1.807) is 6.08 Å². The molecular formula is C49H91NO4. The zero-order chi connectivity index (χ0) is 39.4. The van der Waals surface area contributed by atoms with Gasteiger partial charge in [0.15, 0.2) is 0 Å². The van der Waals surface area contributed by atoms with E-state index < -0.39 is 18.2 Å².